The van der Waals surface area contributed by atoms with Crippen LogP contribution in [0.1, 0.15) is 26.7 Å². The van der Waals surface area contributed by atoms with E-state index in [1.165, 1.54) is 7.11 Å². The first-order valence-corrected chi connectivity index (χ1v) is 7.21. The lowest BCUT2D eigenvalue weighted by Gasteiger charge is -2.29. The number of nitrogens with zero attached hydrogens (tertiary/aromatic N) is 1. The molecule has 0 aromatic rings. The third-order valence-corrected chi connectivity index (χ3v) is 3.36. The smallest absolute Gasteiger partial charge is 0.323 e. The van der Waals surface area contributed by atoms with Crippen molar-refractivity contribution in [2.45, 2.75) is 32.7 Å². The Labute approximate surface area is 116 Å². The fourth-order valence-electron chi connectivity index (χ4n) is 2.21. The van der Waals surface area contributed by atoms with E-state index in [4.69, 9.17) is 14.2 Å². The number of methoxy groups -OCH3 is 1. The van der Waals surface area contributed by atoms with Crippen molar-refractivity contribution in [3.8, 4) is 0 Å². The van der Waals surface area contributed by atoms with Crippen LogP contribution >= 0.6 is 0 Å². The maximum absolute atomic E-state index is 12.0. The maximum Gasteiger partial charge on any atom is 0.323 e. The van der Waals surface area contributed by atoms with Gasteiger partial charge in [0.15, 0.2) is 0 Å². The Morgan fingerprint density at radius 1 is 1.16 bits per heavy atom. The van der Waals surface area contributed by atoms with E-state index in [0.29, 0.717) is 32.3 Å². The molecule has 0 saturated heterocycles. The van der Waals surface area contributed by atoms with Crippen LogP contribution in [0.4, 0.5) is 0 Å². The van der Waals surface area contributed by atoms with Gasteiger partial charge < -0.3 is 14.2 Å². The van der Waals surface area contributed by atoms with E-state index in [1.807, 2.05) is 13.8 Å². The van der Waals surface area contributed by atoms with E-state index >= 15 is 0 Å². The van der Waals surface area contributed by atoms with Gasteiger partial charge in [0.1, 0.15) is 6.04 Å². The summed E-state index contributed by atoms with van der Waals surface area (Å²) in [4.78, 5) is 14.1. The second-order valence-electron chi connectivity index (χ2n) is 4.74. The van der Waals surface area contributed by atoms with Gasteiger partial charge in [-0.05, 0) is 32.6 Å². The minimum absolute atomic E-state index is 0.129. The molecule has 1 aliphatic rings. The summed E-state index contributed by atoms with van der Waals surface area (Å²) in [6.07, 6.45) is 2.22. The van der Waals surface area contributed by atoms with Crippen molar-refractivity contribution < 1.29 is 19.0 Å². The Morgan fingerprint density at radius 2 is 1.68 bits per heavy atom. The molecule has 0 aliphatic heterocycles. The van der Waals surface area contributed by atoms with Crippen LogP contribution in [0.15, 0.2) is 0 Å². The highest BCUT2D eigenvalue weighted by Crippen LogP contribution is 2.35. The number of carbonyl (C=O) groups excluding carboxylic acids is 1. The first kappa shape index (κ1) is 16.4. The average Bonchev–Trinajstić information content (AvgIpc) is 3.23. The Balaban J connectivity index is 2.53. The van der Waals surface area contributed by atoms with Gasteiger partial charge >= 0.3 is 5.97 Å². The third kappa shape index (κ3) is 5.89. The number of rotatable bonds is 11. The van der Waals surface area contributed by atoms with E-state index in [2.05, 4.69) is 4.90 Å². The van der Waals surface area contributed by atoms with Gasteiger partial charge in [-0.15, -0.1) is 0 Å². The highest BCUT2D eigenvalue weighted by molar-refractivity contribution is 5.76. The van der Waals surface area contributed by atoms with Crippen molar-refractivity contribution in [1.82, 2.24) is 4.90 Å². The van der Waals surface area contributed by atoms with Crippen molar-refractivity contribution in [2.75, 3.05) is 46.6 Å². The standard InChI is InChI=1S/C14H27NO4/c1-4-18-10-8-15(9-11-19-5-2)13(12-6-7-12)14(16)17-3/h12-13H,4-11H2,1-3H3. The van der Waals surface area contributed by atoms with Crippen LogP contribution in [0.25, 0.3) is 0 Å². The van der Waals surface area contributed by atoms with Crippen molar-refractivity contribution in [3.63, 3.8) is 0 Å². The van der Waals surface area contributed by atoms with Gasteiger partial charge in [0, 0.05) is 26.3 Å². The monoisotopic (exact) mass is 273 g/mol. The maximum atomic E-state index is 12.0. The topological polar surface area (TPSA) is 48.0 Å². The van der Waals surface area contributed by atoms with E-state index in [1.54, 1.807) is 0 Å². The molecule has 5 heteroatoms. The second kappa shape index (κ2) is 9.28. The molecule has 19 heavy (non-hydrogen) atoms. The molecule has 5 nitrogen and oxygen atoms in total. The molecule has 1 rings (SSSR count). The quantitative estimate of drug-likeness (QED) is 0.420. The Hall–Kier alpha value is -0.650. The van der Waals surface area contributed by atoms with E-state index in [9.17, 15) is 4.79 Å². The van der Waals surface area contributed by atoms with Crippen LogP contribution in [0.2, 0.25) is 0 Å². The SMILES string of the molecule is CCOCCN(CCOCC)C(C(=O)OC)C1CC1. The summed E-state index contributed by atoms with van der Waals surface area (Å²) in [6.45, 7) is 8.13. The first-order chi connectivity index (χ1) is 9.24. The largest absolute Gasteiger partial charge is 0.468 e. The lowest BCUT2D eigenvalue weighted by atomic mass is 10.1. The fraction of sp³-hybridized carbons (Fsp3) is 0.929. The number of carbonyl (C=O) groups is 1. The zero-order valence-electron chi connectivity index (χ0n) is 12.4. The fourth-order valence-corrected chi connectivity index (χ4v) is 2.21. The molecule has 1 atom stereocenters. The van der Waals surface area contributed by atoms with Crippen LogP contribution < -0.4 is 0 Å². The molecule has 0 bridgehead atoms. The van der Waals surface area contributed by atoms with Crippen molar-refractivity contribution in [3.05, 3.63) is 0 Å². The molecule has 112 valence electrons. The van der Waals surface area contributed by atoms with E-state index in [0.717, 1.165) is 25.9 Å². The number of hydrogen-bond donors (Lipinski definition) is 0. The molecule has 0 spiro atoms. The summed E-state index contributed by atoms with van der Waals surface area (Å²) >= 11 is 0. The van der Waals surface area contributed by atoms with Gasteiger partial charge in [0.05, 0.1) is 20.3 Å². The normalized spacial score (nSPS) is 16.6. The van der Waals surface area contributed by atoms with Crippen molar-refractivity contribution >= 4 is 5.97 Å². The number of esters is 1. The summed E-state index contributed by atoms with van der Waals surface area (Å²) in [6, 6.07) is -0.133. The van der Waals surface area contributed by atoms with Gasteiger partial charge in [-0.1, -0.05) is 0 Å². The summed E-state index contributed by atoms with van der Waals surface area (Å²) in [5, 5.41) is 0. The van der Waals surface area contributed by atoms with Crippen LogP contribution in [0.3, 0.4) is 0 Å². The van der Waals surface area contributed by atoms with E-state index in [-0.39, 0.29) is 12.0 Å². The Bertz CT molecular complexity index is 246. The molecule has 0 radical (unpaired) electrons. The van der Waals surface area contributed by atoms with Crippen molar-refractivity contribution in [2.24, 2.45) is 5.92 Å². The average molecular weight is 273 g/mol. The molecule has 0 N–H and O–H groups in total. The molecule has 0 aromatic carbocycles. The molecule has 1 saturated carbocycles. The van der Waals surface area contributed by atoms with E-state index < -0.39 is 0 Å². The van der Waals surface area contributed by atoms with Crippen molar-refractivity contribution in [1.29, 1.82) is 0 Å². The molecule has 0 heterocycles. The Morgan fingerprint density at radius 3 is 2.05 bits per heavy atom. The second-order valence-corrected chi connectivity index (χ2v) is 4.74. The van der Waals surface area contributed by atoms with Gasteiger partial charge in [-0.25, -0.2) is 0 Å². The molecule has 0 aromatic heterocycles. The third-order valence-electron chi connectivity index (χ3n) is 3.36. The first-order valence-electron chi connectivity index (χ1n) is 7.21. The van der Waals surface area contributed by atoms with Gasteiger partial charge in [-0.3, -0.25) is 9.69 Å². The molecule has 1 unspecified atom stereocenters. The molecule has 1 fully saturated rings. The van der Waals surface area contributed by atoms with Gasteiger partial charge in [0.2, 0.25) is 0 Å². The molecular weight excluding hydrogens is 246 g/mol. The zero-order valence-corrected chi connectivity index (χ0v) is 12.4. The number of hydrogen-bond acceptors (Lipinski definition) is 5. The summed E-state index contributed by atoms with van der Waals surface area (Å²) in [5.41, 5.74) is 0. The van der Waals surface area contributed by atoms with Gasteiger partial charge in [0.25, 0.3) is 0 Å². The predicted octanol–water partition coefficient (Wildman–Crippen LogP) is 1.31. The predicted molar refractivity (Wildman–Crippen MR) is 73.1 cm³/mol. The van der Waals surface area contributed by atoms with Crippen LogP contribution in [0.5, 0.6) is 0 Å². The Kier molecular flexibility index (Phi) is 8.02. The summed E-state index contributed by atoms with van der Waals surface area (Å²) in [5.74, 6) is 0.311. The molecule has 1 aliphatic carbocycles. The minimum Gasteiger partial charge on any atom is -0.468 e. The highest BCUT2D eigenvalue weighted by Gasteiger charge is 2.40. The van der Waals surface area contributed by atoms with Crippen LogP contribution in [0, 0.1) is 5.92 Å². The highest BCUT2D eigenvalue weighted by atomic mass is 16.5. The lowest BCUT2D eigenvalue weighted by Crippen LogP contribution is -2.46. The number of ether oxygens (including phenoxy) is 3. The molecular formula is C14H27NO4. The van der Waals surface area contributed by atoms with Crippen LogP contribution in [-0.2, 0) is 19.0 Å². The molecule has 0 amide bonds. The summed E-state index contributed by atoms with van der Waals surface area (Å²) < 4.78 is 15.7. The zero-order chi connectivity index (χ0) is 14.1. The van der Waals surface area contributed by atoms with Crippen LogP contribution in [-0.4, -0.2) is 63.5 Å². The summed E-state index contributed by atoms with van der Waals surface area (Å²) in [7, 11) is 1.46. The lowest BCUT2D eigenvalue weighted by molar-refractivity contribution is -0.148. The minimum atomic E-state index is -0.133. The van der Waals surface area contributed by atoms with Gasteiger partial charge in [-0.2, -0.15) is 0 Å².